The van der Waals surface area contributed by atoms with Crippen LogP contribution in [0.5, 0.6) is 0 Å². The number of likely N-dealkylation sites (tertiary alicyclic amines) is 1. The van der Waals surface area contributed by atoms with Gasteiger partial charge in [0.25, 0.3) is 0 Å². The number of benzene rings is 1. The van der Waals surface area contributed by atoms with Gasteiger partial charge in [0.1, 0.15) is 0 Å². The minimum absolute atomic E-state index is 0.0251. The second-order valence-corrected chi connectivity index (χ2v) is 7.25. The van der Waals surface area contributed by atoms with Crippen LogP contribution in [0.25, 0.3) is 0 Å². The summed E-state index contributed by atoms with van der Waals surface area (Å²) in [6.45, 7) is 3.24. The van der Waals surface area contributed by atoms with E-state index in [-0.39, 0.29) is 23.4 Å². The van der Waals surface area contributed by atoms with Gasteiger partial charge in [-0.3, -0.25) is 4.79 Å². The average molecular weight is 329 g/mol. The summed E-state index contributed by atoms with van der Waals surface area (Å²) in [7, 11) is 0. The lowest BCUT2D eigenvalue weighted by molar-refractivity contribution is -0.128. The van der Waals surface area contributed by atoms with Crippen molar-refractivity contribution < 1.29 is 9.59 Å². The molecule has 0 bridgehead atoms. The largest absolute Gasteiger partial charge is 0.351 e. The second kappa shape index (κ2) is 6.83. The van der Waals surface area contributed by atoms with Crippen molar-refractivity contribution in [2.45, 2.75) is 51.0 Å². The van der Waals surface area contributed by atoms with Crippen molar-refractivity contribution in [1.82, 2.24) is 10.2 Å². The van der Waals surface area contributed by atoms with E-state index >= 15 is 0 Å². The molecular formula is C19H27N3O2. The van der Waals surface area contributed by atoms with Crippen LogP contribution in [0.2, 0.25) is 0 Å². The number of aryl methyl sites for hydroxylation is 1. The number of nitrogens with two attached hydrogens (primary N) is 1. The van der Waals surface area contributed by atoms with Gasteiger partial charge in [0.15, 0.2) is 0 Å². The van der Waals surface area contributed by atoms with Crippen molar-refractivity contribution >= 4 is 11.9 Å². The highest BCUT2D eigenvalue weighted by Gasteiger charge is 2.39. The number of nitrogens with one attached hydrogen (secondary N) is 1. The molecule has 1 aliphatic carbocycles. The fourth-order valence-electron chi connectivity index (χ4n) is 4.11. The smallest absolute Gasteiger partial charge is 0.314 e. The van der Waals surface area contributed by atoms with Crippen molar-refractivity contribution in [3.8, 4) is 0 Å². The highest BCUT2D eigenvalue weighted by molar-refractivity contribution is 5.80. The predicted molar refractivity (Wildman–Crippen MR) is 93.3 cm³/mol. The summed E-state index contributed by atoms with van der Waals surface area (Å²) in [5.74, 6) is 0.102. The Morgan fingerprint density at radius 2 is 1.88 bits per heavy atom. The molecule has 1 aliphatic heterocycles. The number of primary amides is 1. The zero-order valence-electron chi connectivity index (χ0n) is 14.4. The van der Waals surface area contributed by atoms with Crippen LogP contribution in [0.3, 0.4) is 0 Å². The minimum Gasteiger partial charge on any atom is -0.351 e. The normalized spacial score (nSPS) is 20.8. The molecule has 130 valence electrons. The molecule has 0 atom stereocenters. The summed E-state index contributed by atoms with van der Waals surface area (Å²) >= 11 is 0. The molecule has 1 aromatic carbocycles. The first-order chi connectivity index (χ1) is 11.5. The molecule has 0 spiro atoms. The van der Waals surface area contributed by atoms with Crippen molar-refractivity contribution in [3.05, 3.63) is 35.4 Å². The summed E-state index contributed by atoms with van der Waals surface area (Å²) in [5.41, 5.74) is 7.55. The van der Waals surface area contributed by atoms with Crippen LogP contribution in [-0.4, -0.2) is 29.9 Å². The van der Waals surface area contributed by atoms with E-state index in [9.17, 15) is 9.59 Å². The fraction of sp³-hybridized carbons (Fsp3) is 0.579. The average Bonchev–Trinajstić information content (AvgIpc) is 3.04. The lowest BCUT2D eigenvalue weighted by Gasteiger charge is -2.35. The molecule has 2 aliphatic rings. The molecule has 0 unspecified atom stereocenters. The molecule has 2 fully saturated rings. The summed E-state index contributed by atoms with van der Waals surface area (Å²) in [6.07, 6.45) is 5.69. The lowest BCUT2D eigenvalue weighted by Crippen LogP contribution is -2.50. The molecule has 3 rings (SSSR count). The molecular weight excluding hydrogens is 302 g/mol. The van der Waals surface area contributed by atoms with E-state index < -0.39 is 0 Å². The monoisotopic (exact) mass is 329 g/mol. The number of amides is 3. The van der Waals surface area contributed by atoms with E-state index in [0.717, 1.165) is 25.7 Å². The molecule has 3 N–H and O–H groups in total. The Morgan fingerprint density at radius 3 is 2.46 bits per heavy atom. The summed E-state index contributed by atoms with van der Waals surface area (Å²) in [4.78, 5) is 25.7. The molecule has 24 heavy (non-hydrogen) atoms. The molecule has 1 aromatic rings. The van der Waals surface area contributed by atoms with E-state index in [1.807, 2.05) is 0 Å². The molecule has 5 nitrogen and oxygen atoms in total. The van der Waals surface area contributed by atoms with Crippen molar-refractivity contribution in [3.63, 3.8) is 0 Å². The zero-order valence-corrected chi connectivity index (χ0v) is 14.4. The lowest BCUT2D eigenvalue weighted by atomic mass is 9.85. The Morgan fingerprint density at radius 1 is 1.21 bits per heavy atom. The van der Waals surface area contributed by atoms with Crippen LogP contribution in [0.15, 0.2) is 24.3 Å². The summed E-state index contributed by atoms with van der Waals surface area (Å²) in [5, 5.41) is 3.38. The standard InChI is InChI=1S/C19H27N3O2/c1-14-5-4-6-16(13-14)19(9-2-3-10-19)21-17(23)15-7-11-22(12-8-15)18(20)24/h4-6,13,15H,2-3,7-12H2,1H3,(H2,20,24)(H,21,23). The van der Waals surface area contributed by atoms with Crippen molar-refractivity contribution in [2.75, 3.05) is 13.1 Å². The molecule has 0 radical (unpaired) electrons. The quantitative estimate of drug-likeness (QED) is 0.894. The SMILES string of the molecule is Cc1cccc(C2(NC(=O)C3CCN(C(N)=O)CC3)CCCC2)c1. The van der Waals surface area contributed by atoms with Gasteiger partial charge in [-0.25, -0.2) is 4.79 Å². The van der Waals surface area contributed by atoms with E-state index in [4.69, 9.17) is 5.73 Å². The van der Waals surface area contributed by atoms with Crippen LogP contribution in [0.4, 0.5) is 4.79 Å². The topological polar surface area (TPSA) is 75.4 Å². The Bertz CT molecular complexity index is 615. The van der Waals surface area contributed by atoms with Crippen LogP contribution < -0.4 is 11.1 Å². The second-order valence-electron chi connectivity index (χ2n) is 7.25. The summed E-state index contributed by atoms with van der Waals surface area (Å²) < 4.78 is 0. The zero-order chi connectivity index (χ0) is 17.2. The van der Waals surface area contributed by atoms with Gasteiger partial charge in [0.2, 0.25) is 5.91 Å². The Balaban J connectivity index is 1.70. The number of hydrogen-bond acceptors (Lipinski definition) is 2. The maximum atomic E-state index is 12.8. The molecule has 3 amide bonds. The Labute approximate surface area is 143 Å². The predicted octanol–water partition coefficient (Wildman–Crippen LogP) is 2.67. The number of urea groups is 1. The highest BCUT2D eigenvalue weighted by Crippen LogP contribution is 2.39. The Hall–Kier alpha value is -2.04. The molecule has 0 aromatic heterocycles. The highest BCUT2D eigenvalue weighted by atomic mass is 16.2. The number of piperidine rings is 1. The van der Waals surface area contributed by atoms with E-state index in [0.29, 0.717) is 25.9 Å². The molecule has 1 heterocycles. The van der Waals surface area contributed by atoms with Gasteiger partial charge in [-0.15, -0.1) is 0 Å². The molecule has 1 saturated carbocycles. The first-order valence-corrected chi connectivity index (χ1v) is 8.94. The van der Waals surface area contributed by atoms with Crippen molar-refractivity contribution in [2.24, 2.45) is 11.7 Å². The van der Waals surface area contributed by atoms with Crippen LogP contribution in [0, 0.1) is 12.8 Å². The first kappa shape index (κ1) is 16.8. The third kappa shape index (κ3) is 3.40. The minimum atomic E-state index is -0.388. The first-order valence-electron chi connectivity index (χ1n) is 8.94. The van der Waals surface area contributed by atoms with Crippen LogP contribution in [-0.2, 0) is 10.3 Å². The van der Waals surface area contributed by atoms with E-state index in [1.165, 1.54) is 11.1 Å². The molecule has 5 heteroatoms. The van der Waals surface area contributed by atoms with Crippen LogP contribution in [0.1, 0.15) is 49.7 Å². The van der Waals surface area contributed by atoms with Crippen molar-refractivity contribution in [1.29, 1.82) is 0 Å². The van der Waals surface area contributed by atoms with Crippen LogP contribution >= 0.6 is 0 Å². The van der Waals surface area contributed by atoms with Gasteiger partial charge in [0.05, 0.1) is 5.54 Å². The third-order valence-corrected chi connectivity index (χ3v) is 5.57. The van der Waals surface area contributed by atoms with Gasteiger partial charge >= 0.3 is 6.03 Å². The number of nitrogens with zero attached hydrogens (tertiary/aromatic N) is 1. The van der Waals surface area contributed by atoms with Gasteiger partial charge < -0.3 is 16.0 Å². The maximum absolute atomic E-state index is 12.8. The van der Waals surface area contributed by atoms with Gasteiger partial charge in [-0.2, -0.15) is 0 Å². The summed E-state index contributed by atoms with van der Waals surface area (Å²) in [6, 6.07) is 8.10. The number of carbonyl (C=O) groups is 2. The van der Waals surface area contributed by atoms with Gasteiger partial charge in [0, 0.05) is 19.0 Å². The third-order valence-electron chi connectivity index (χ3n) is 5.57. The number of rotatable bonds is 3. The molecule has 1 saturated heterocycles. The fourth-order valence-corrected chi connectivity index (χ4v) is 4.11. The number of carbonyl (C=O) groups excluding carboxylic acids is 2. The Kier molecular flexibility index (Phi) is 4.78. The maximum Gasteiger partial charge on any atom is 0.314 e. The van der Waals surface area contributed by atoms with Gasteiger partial charge in [-0.1, -0.05) is 42.7 Å². The van der Waals surface area contributed by atoms with E-state index in [1.54, 1.807) is 4.90 Å². The van der Waals surface area contributed by atoms with Gasteiger partial charge in [-0.05, 0) is 38.2 Å². The van der Waals surface area contributed by atoms with E-state index in [2.05, 4.69) is 36.5 Å². The number of hydrogen-bond donors (Lipinski definition) is 2.